The number of piperidine rings is 1. The SMILES string of the molecule is CC1(C(=O)Nc2cc(Cl)ccc2N2CCCCC2)CC1(Cl)Cl. The monoisotopic (exact) mass is 360 g/mol. The molecule has 1 aromatic carbocycles. The van der Waals surface area contributed by atoms with E-state index in [1.54, 1.807) is 13.0 Å². The number of amides is 1. The van der Waals surface area contributed by atoms with Gasteiger partial charge in [0.1, 0.15) is 4.33 Å². The van der Waals surface area contributed by atoms with Crippen LogP contribution in [0.3, 0.4) is 0 Å². The molecule has 1 aromatic rings. The normalized spacial score (nSPS) is 26.6. The highest BCUT2D eigenvalue weighted by atomic mass is 35.5. The van der Waals surface area contributed by atoms with Gasteiger partial charge in [-0.25, -0.2) is 0 Å². The summed E-state index contributed by atoms with van der Waals surface area (Å²) in [6, 6.07) is 5.61. The highest BCUT2D eigenvalue weighted by Crippen LogP contribution is 2.64. The van der Waals surface area contributed by atoms with Crippen molar-refractivity contribution in [1.29, 1.82) is 0 Å². The molecule has 0 radical (unpaired) electrons. The minimum Gasteiger partial charge on any atom is -0.370 e. The maximum Gasteiger partial charge on any atom is 0.233 e. The summed E-state index contributed by atoms with van der Waals surface area (Å²) in [5, 5.41) is 3.57. The van der Waals surface area contributed by atoms with Crippen molar-refractivity contribution in [1.82, 2.24) is 0 Å². The van der Waals surface area contributed by atoms with Crippen molar-refractivity contribution in [2.75, 3.05) is 23.3 Å². The van der Waals surface area contributed by atoms with Crippen LogP contribution in [0.2, 0.25) is 5.02 Å². The molecule has 1 heterocycles. The molecule has 1 amide bonds. The Morgan fingerprint density at radius 1 is 1.23 bits per heavy atom. The van der Waals surface area contributed by atoms with E-state index < -0.39 is 9.75 Å². The van der Waals surface area contributed by atoms with Gasteiger partial charge in [0.25, 0.3) is 0 Å². The fourth-order valence-corrected chi connectivity index (χ4v) is 3.80. The Labute approximate surface area is 145 Å². The molecule has 6 heteroatoms. The smallest absolute Gasteiger partial charge is 0.233 e. The molecule has 1 saturated carbocycles. The number of nitrogens with zero attached hydrogens (tertiary/aromatic N) is 1. The predicted molar refractivity (Wildman–Crippen MR) is 93.3 cm³/mol. The number of anilines is 2. The molecule has 1 unspecified atom stereocenters. The summed E-state index contributed by atoms with van der Waals surface area (Å²) < 4.78 is -0.971. The Morgan fingerprint density at radius 3 is 2.45 bits per heavy atom. The molecule has 2 aliphatic rings. The van der Waals surface area contributed by atoms with Crippen LogP contribution in [0.25, 0.3) is 0 Å². The average Bonchev–Trinajstić information content (AvgIpc) is 3.00. The third-order valence-corrected chi connectivity index (χ3v) is 6.00. The van der Waals surface area contributed by atoms with E-state index in [1.807, 2.05) is 12.1 Å². The van der Waals surface area contributed by atoms with Crippen molar-refractivity contribution >= 4 is 52.1 Å². The van der Waals surface area contributed by atoms with Crippen LogP contribution in [0.1, 0.15) is 32.6 Å². The summed E-state index contributed by atoms with van der Waals surface area (Å²) >= 11 is 18.3. The van der Waals surface area contributed by atoms with E-state index in [9.17, 15) is 4.79 Å². The minimum absolute atomic E-state index is 0.155. The molecule has 0 spiro atoms. The molecule has 1 aliphatic carbocycles. The molecule has 3 nitrogen and oxygen atoms in total. The van der Waals surface area contributed by atoms with Crippen LogP contribution in [-0.2, 0) is 4.79 Å². The summed E-state index contributed by atoms with van der Waals surface area (Å²) in [7, 11) is 0. The van der Waals surface area contributed by atoms with Crippen molar-refractivity contribution in [3.63, 3.8) is 0 Å². The first-order chi connectivity index (χ1) is 10.3. The number of alkyl halides is 2. The topological polar surface area (TPSA) is 32.3 Å². The number of nitrogens with one attached hydrogen (secondary N) is 1. The fourth-order valence-electron chi connectivity index (χ4n) is 2.93. The van der Waals surface area contributed by atoms with Gasteiger partial charge >= 0.3 is 0 Å². The molecule has 1 aliphatic heterocycles. The van der Waals surface area contributed by atoms with Crippen molar-refractivity contribution in [3.8, 4) is 0 Å². The number of hydrogen-bond donors (Lipinski definition) is 1. The first-order valence-electron chi connectivity index (χ1n) is 7.57. The predicted octanol–water partition coefficient (Wildman–Crippen LogP) is 4.85. The molecule has 1 saturated heterocycles. The Balaban J connectivity index is 1.83. The second-order valence-electron chi connectivity index (χ2n) is 6.38. The maximum absolute atomic E-state index is 12.5. The lowest BCUT2D eigenvalue weighted by molar-refractivity contribution is -0.120. The molecule has 1 atom stereocenters. The van der Waals surface area contributed by atoms with Crippen LogP contribution < -0.4 is 10.2 Å². The molecular formula is C16H19Cl3N2O. The van der Waals surface area contributed by atoms with Crippen LogP contribution in [0.4, 0.5) is 11.4 Å². The summed E-state index contributed by atoms with van der Waals surface area (Å²) in [6.45, 7) is 3.78. The minimum atomic E-state index is -0.971. The third kappa shape index (κ3) is 2.91. The molecule has 0 bridgehead atoms. The van der Waals surface area contributed by atoms with E-state index in [1.165, 1.54) is 19.3 Å². The quantitative estimate of drug-likeness (QED) is 0.780. The highest BCUT2D eigenvalue weighted by molar-refractivity contribution is 6.53. The zero-order valence-corrected chi connectivity index (χ0v) is 14.7. The second-order valence-corrected chi connectivity index (χ2v) is 8.30. The number of hydrogen-bond acceptors (Lipinski definition) is 2. The lowest BCUT2D eigenvalue weighted by Crippen LogP contribution is -2.31. The van der Waals surface area contributed by atoms with E-state index >= 15 is 0 Å². The molecule has 1 N–H and O–H groups in total. The van der Waals surface area contributed by atoms with Gasteiger partial charge in [0.2, 0.25) is 5.91 Å². The Kier molecular flexibility index (Phi) is 4.26. The van der Waals surface area contributed by atoms with Crippen LogP contribution in [0, 0.1) is 5.41 Å². The largest absolute Gasteiger partial charge is 0.370 e. The lowest BCUT2D eigenvalue weighted by Gasteiger charge is -2.31. The first-order valence-corrected chi connectivity index (χ1v) is 8.71. The van der Waals surface area contributed by atoms with Crippen LogP contribution in [0.15, 0.2) is 18.2 Å². The second kappa shape index (κ2) is 5.77. The van der Waals surface area contributed by atoms with Gasteiger partial charge in [0.15, 0.2) is 0 Å². The van der Waals surface area contributed by atoms with Gasteiger partial charge in [-0.15, -0.1) is 23.2 Å². The van der Waals surface area contributed by atoms with E-state index in [-0.39, 0.29) is 5.91 Å². The van der Waals surface area contributed by atoms with Crippen LogP contribution in [0.5, 0.6) is 0 Å². The maximum atomic E-state index is 12.5. The molecule has 0 aromatic heterocycles. The van der Waals surface area contributed by atoms with Crippen molar-refractivity contribution < 1.29 is 4.79 Å². The number of benzene rings is 1. The van der Waals surface area contributed by atoms with E-state index in [0.717, 1.165) is 24.5 Å². The number of halogens is 3. The Bertz CT molecular complexity index is 599. The molecule has 2 fully saturated rings. The lowest BCUT2D eigenvalue weighted by atomic mass is 10.1. The standard InChI is InChI=1S/C16H19Cl3N2O/c1-15(10-16(15,18)19)14(22)20-12-9-11(17)5-6-13(12)21-7-3-2-4-8-21/h5-6,9H,2-4,7-8,10H2,1H3,(H,20,22). The molecule has 3 rings (SSSR count). The highest BCUT2D eigenvalue weighted by Gasteiger charge is 2.67. The van der Waals surface area contributed by atoms with E-state index in [4.69, 9.17) is 34.8 Å². The summed E-state index contributed by atoms with van der Waals surface area (Å²) in [6.07, 6.45) is 4.06. The van der Waals surface area contributed by atoms with Gasteiger partial charge < -0.3 is 10.2 Å². The van der Waals surface area contributed by atoms with Gasteiger partial charge in [0, 0.05) is 18.1 Å². The Morgan fingerprint density at radius 2 is 1.86 bits per heavy atom. The summed E-state index contributed by atoms with van der Waals surface area (Å²) in [5.41, 5.74) is 1.01. The first kappa shape index (κ1) is 16.2. The van der Waals surface area contributed by atoms with Crippen LogP contribution in [-0.4, -0.2) is 23.3 Å². The molecular weight excluding hydrogens is 343 g/mol. The number of rotatable bonds is 3. The summed E-state index contributed by atoms with van der Waals surface area (Å²) in [5.74, 6) is -0.155. The van der Waals surface area contributed by atoms with Gasteiger partial charge in [-0.1, -0.05) is 11.6 Å². The van der Waals surface area contributed by atoms with Crippen LogP contribution >= 0.6 is 34.8 Å². The van der Waals surface area contributed by atoms with Crippen molar-refractivity contribution in [2.24, 2.45) is 5.41 Å². The zero-order valence-electron chi connectivity index (χ0n) is 12.5. The number of carbonyl (C=O) groups is 1. The third-order valence-electron chi connectivity index (χ3n) is 4.66. The van der Waals surface area contributed by atoms with E-state index in [2.05, 4.69) is 10.2 Å². The van der Waals surface area contributed by atoms with Gasteiger partial charge in [-0.2, -0.15) is 0 Å². The average molecular weight is 362 g/mol. The Hall–Kier alpha value is -0.640. The van der Waals surface area contributed by atoms with Gasteiger partial charge in [0.05, 0.1) is 16.8 Å². The van der Waals surface area contributed by atoms with Gasteiger partial charge in [-0.05, 0) is 50.8 Å². The summed E-state index contributed by atoms with van der Waals surface area (Å²) in [4.78, 5) is 14.8. The number of carbonyl (C=O) groups excluding carboxylic acids is 1. The molecule has 120 valence electrons. The van der Waals surface area contributed by atoms with Gasteiger partial charge in [-0.3, -0.25) is 4.79 Å². The van der Waals surface area contributed by atoms with E-state index in [0.29, 0.717) is 11.4 Å². The van der Waals surface area contributed by atoms with Crippen molar-refractivity contribution in [2.45, 2.75) is 36.9 Å². The van der Waals surface area contributed by atoms with Crippen molar-refractivity contribution in [3.05, 3.63) is 23.2 Å². The fraction of sp³-hybridized carbons (Fsp3) is 0.562. The zero-order chi connectivity index (χ0) is 16.0. The molecule has 22 heavy (non-hydrogen) atoms.